The number of nitrogens with zero attached hydrogens (tertiary/aromatic N) is 7. The lowest BCUT2D eigenvalue weighted by Crippen LogP contribution is -2.64. The largest absolute Gasteiger partial charge is 0.396 e. The smallest absolute Gasteiger partial charge is 0.246 e. The molecule has 0 radical (unpaired) electrons. The molecule has 13 atom stereocenters. The molecule has 0 aromatic carbocycles. The highest BCUT2D eigenvalue weighted by molar-refractivity contribution is 7.99. The van der Waals surface area contributed by atoms with Crippen LogP contribution in [0.5, 0.6) is 0 Å². The van der Waals surface area contributed by atoms with E-state index in [1.54, 1.807) is 60.6 Å². The fraction of sp³-hybridized carbons (Fsp3) is 0.806. The number of hydrogen-bond donors (Lipinski definition) is 7. The van der Waals surface area contributed by atoms with Gasteiger partial charge in [-0.3, -0.25) is 52.7 Å². The molecule has 7 N–H and O–H groups in total. The summed E-state index contributed by atoms with van der Waals surface area (Å²) in [5.74, 6) is -10.1. The maximum atomic E-state index is 15.3. The third kappa shape index (κ3) is 25.0. The second kappa shape index (κ2) is 39.2. The van der Waals surface area contributed by atoms with Crippen LogP contribution in [0.4, 0.5) is 0 Å². The molecule has 1 saturated heterocycles. The number of aliphatic hydroxyl groups is 3. The van der Waals surface area contributed by atoms with Crippen LogP contribution in [-0.2, 0) is 52.7 Å². The van der Waals surface area contributed by atoms with Crippen LogP contribution in [0, 0.1) is 35.5 Å². The lowest BCUT2D eigenvalue weighted by atomic mass is 9.91. The molecule has 1 fully saturated rings. The van der Waals surface area contributed by atoms with Crippen molar-refractivity contribution in [1.29, 1.82) is 0 Å². The van der Waals surface area contributed by atoms with Crippen LogP contribution in [0.25, 0.3) is 0 Å². The van der Waals surface area contributed by atoms with Crippen molar-refractivity contribution in [2.75, 3.05) is 67.4 Å². The standard InChI is InChI=1S/C67H121N11O14S/c1-25-27-30-43(13)55(80)54-59(84)70-46(26-2)61(86)76(22)51(37-93-32-29-28-31-79)64(89)75(21)50(36-67(16,17)92)58(83)71-52(41(9)10)65(90)72(18)47(33-38(3)4)57(82)68-44(14)56(81)69-45(15)60(85)73(19)48(34-39(5)6)62(87)74(20)49(35-40(7)8)63(88)77(23)53(42(11)12)66(91)78(54)24/h25,27,38-55,79-80,92H,26,28-37H2,1-24H3,(H,68,82)(H,69,81)(H,70,84)(H,71,83)/b27-25+/t43-,44+,45-,46+,47+,48+,49+,50+,51-,52+,53+,54+,55-/m1/s1. The lowest BCUT2D eigenvalue weighted by Gasteiger charge is -2.41. The number of likely N-dealkylation sites (N-methyl/N-ethyl adjacent to an activating group) is 7. The molecule has 26 heteroatoms. The maximum absolute atomic E-state index is 15.3. The molecule has 1 heterocycles. The summed E-state index contributed by atoms with van der Waals surface area (Å²) in [4.78, 5) is 172. The van der Waals surface area contributed by atoms with Gasteiger partial charge < -0.3 is 70.9 Å². The zero-order valence-corrected chi connectivity index (χ0v) is 61.5. The number of carbonyl (C=O) groups excluding carboxylic acids is 11. The van der Waals surface area contributed by atoms with E-state index in [0.29, 0.717) is 18.6 Å². The van der Waals surface area contributed by atoms with Crippen molar-refractivity contribution >= 4 is 76.7 Å². The van der Waals surface area contributed by atoms with Crippen molar-refractivity contribution in [2.45, 2.75) is 247 Å². The molecule has 0 spiro atoms. The van der Waals surface area contributed by atoms with E-state index in [-0.39, 0.29) is 68.6 Å². The van der Waals surface area contributed by atoms with Crippen LogP contribution < -0.4 is 21.3 Å². The average Bonchev–Trinajstić information content (AvgIpc) is 0.853. The van der Waals surface area contributed by atoms with Gasteiger partial charge in [-0.1, -0.05) is 95.2 Å². The van der Waals surface area contributed by atoms with E-state index in [0.717, 1.165) is 14.7 Å². The molecule has 0 aromatic heterocycles. The monoisotopic (exact) mass is 1340 g/mol. The third-order valence-electron chi connectivity index (χ3n) is 17.4. The van der Waals surface area contributed by atoms with Gasteiger partial charge in [-0.25, -0.2) is 0 Å². The fourth-order valence-corrected chi connectivity index (χ4v) is 12.7. The van der Waals surface area contributed by atoms with Gasteiger partial charge in [-0.15, -0.1) is 0 Å². The Hall–Kier alpha value is -5.86. The summed E-state index contributed by atoms with van der Waals surface area (Å²) >= 11 is 1.30. The van der Waals surface area contributed by atoms with Crippen LogP contribution in [0.3, 0.4) is 0 Å². The predicted molar refractivity (Wildman–Crippen MR) is 362 cm³/mol. The molecule has 0 unspecified atom stereocenters. The number of allylic oxidation sites excluding steroid dienone is 2. The first-order valence-corrected chi connectivity index (χ1v) is 34.4. The molecular weight excluding hydrogens is 1210 g/mol. The number of unbranched alkanes of at least 4 members (excludes halogenated alkanes) is 1. The molecule has 534 valence electrons. The second-order valence-electron chi connectivity index (χ2n) is 28.2. The van der Waals surface area contributed by atoms with Crippen molar-refractivity contribution in [1.82, 2.24) is 55.6 Å². The first-order valence-electron chi connectivity index (χ1n) is 33.3. The molecule has 0 bridgehead atoms. The molecule has 0 aromatic rings. The van der Waals surface area contributed by atoms with Gasteiger partial charge in [-0.05, 0) is 121 Å². The summed E-state index contributed by atoms with van der Waals surface area (Å²) in [5, 5.41) is 44.2. The van der Waals surface area contributed by atoms with Gasteiger partial charge in [0.2, 0.25) is 65.0 Å². The van der Waals surface area contributed by atoms with E-state index in [9.17, 15) is 39.3 Å². The van der Waals surface area contributed by atoms with E-state index < -0.39 is 161 Å². The van der Waals surface area contributed by atoms with E-state index in [1.807, 2.05) is 41.5 Å². The molecule has 93 heavy (non-hydrogen) atoms. The Morgan fingerprint density at radius 1 is 0.505 bits per heavy atom. The van der Waals surface area contributed by atoms with Gasteiger partial charge >= 0.3 is 0 Å². The Morgan fingerprint density at radius 3 is 1.42 bits per heavy atom. The number of amides is 11. The minimum atomic E-state index is -1.67. The first-order chi connectivity index (χ1) is 43.0. The zero-order valence-electron chi connectivity index (χ0n) is 60.7. The lowest BCUT2D eigenvalue weighted by molar-refractivity contribution is -0.157. The number of thioether (sulfide) groups is 1. The minimum Gasteiger partial charge on any atom is -0.396 e. The SMILES string of the molecule is C/C=C/C[C@@H](C)[C@@H](O)[C@H]1C(=O)N[C@@H](CC)C(=O)N(C)[C@H](CSCCCCO)C(=O)N(C)[C@@H](CC(C)(C)O)C(=O)N[C@@H](C(C)C)C(=O)N(C)[C@@H](CC(C)C)C(=O)N[C@@H](C)C(=O)N[C@H](C)C(=O)N(C)[C@@H](CC(C)C)C(=O)N(C)[C@@H](CC(C)C)C(=O)N(C)[C@@H](C(C)C)C(=O)N1C. The third-order valence-corrected chi connectivity index (χ3v) is 18.5. The molecule has 1 aliphatic rings. The minimum absolute atomic E-state index is 0.0336. The molecule has 11 amide bonds. The Kier molecular flexibility index (Phi) is 35.9. The van der Waals surface area contributed by atoms with Crippen molar-refractivity contribution in [3.8, 4) is 0 Å². The maximum Gasteiger partial charge on any atom is 0.246 e. The van der Waals surface area contributed by atoms with Gasteiger partial charge in [0.25, 0.3) is 0 Å². The number of hydrogen-bond acceptors (Lipinski definition) is 15. The second-order valence-corrected chi connectivity index (χ2v) is 29.4. The number of rotatable bonds is 21. The Balaban J connectivity index is 4.56. The predicted octanol–water partition coefficient (Wildman–Crippen LogP) is 3.26. The topological polar surface area (TPSA) is 319 Å². The number of nitrogens with one attached hydrogen (secondary N) is 4. The molecule has 1 rings (SSSR count). The van der Waals surface area contributed by atoms with Gasteiger partial charge in [-0.2, -0.15) is 11.8 Å². The molecule has 0 saturated carbocycles. The van der Waals surface area contributed by atoms with E-state index in [1.165, 1.54) is 108 Å². The van der Waals surface area contributed by atoms with Crippen molar-refractivity contribution in [3.05, 3.63) is 12.2 Å². The molecule has 1 aliphatic heterocycles. The van der Waals surface area contributed by atoms with Gasteiger partial charge in [0, 0.05) is 68.1 Å². The fourth-order valence-electron chi connectivity index (χ4n) is 11.5. The first kappa shape index (κ1) is 85.2. The molecule has 0 aliphatic carbocycles. The van der Waals surface area contributed by atoms with Gasteiger partial charge in [0.1, 0.15) is 66.5 Å². The highest BCUT2D eigenvalue weighted by Gasteiger charge is 2.47. The van der Waals surface area contributed by atoms with Crippen molar-refractivity contribution in [3.63, 3.8) is 0 Å². The van der Waals surface area contributed by atoms with E-state index in [2.05, 4.69) is 21.3 Å². The van der Waals surface area contributed by atoms with E-state index in [4.69, 9.17) is 0 Å². The number of carbonyl (C=O) groups is 11. The van der Waals surface area contributed by atoms with Crippen LogP contribution in [0.1, 0.15) is 169 Å². The molecule has 25 nitrogen and oxygen atoms in total. The quantitative estimate of drug-likeness (QED) is 0.0641. The summed E-state index contributed by atoms with van der Waals surface area (Å²) in [5.41, 5.74) is -1.60. The summed E-state index contributed by atoms with van der Waals surface area (Å²) in [6.45, 7) is 28.7. The summed E-state index contributed by atoms with van der Waals surface area (Å²) in [7, 11) is 9.77. The Bertz CT molecular complexity index is 2530. The van der Waals surface area contributed by atoms with Crippen LogP contribution in [-0.4, -0.2) is 260 Å². The van der Waals surface area contributed by atoms with Gasteiger partial charge in [0.15, 0.2) is 0 Å². The summed E-state index contributed by atoms with van der Waals surface area (Å²) in [6, 6.07) is -14.5. The van der Waals surface area contributed by atoms with Crippen molar-refractivity contribution in [2.24, 2.45) is 35.5 Å². The highest BCUT2D eigenvalue weighted by Crippen LogP contribution is 2.27. The van der Waals surface area contributed by atoms with Gasteiger partial charge in [0.05, 0.1) is 11.7 Å². The average molecular weight is 1340 g/mol. The summed E-state index contributed by atoms with van der Waals surface area (Å²) in [6.07, 6.45) is 3.28. The van der Waals surface area contributed by atoms with Crippen LogP contribution in [0.2, 0.25) is 0 Å². The normalized spacial score (nSPS) is 26.6. The van der Waals surface area contributed by atoms with Crippen LogP contribution in [0.15, 0.2) is 12.2 Å². The van der Waals surface area contributed by atoms with Crippen molar-refractivity contribution < 1.29 is 68.1 Å². The number of aliphatic hydroxyl groups excluding tert-OH is 2. The zero-order chi connectivity index (χ0) is 72.0. The Morgan fingerprint density at radius 2 is 0.946 bits per heavy atom. The van der Waals surface area contributed by atoms with Crippen LogP contribution >= 0.6 is 11.8 Å². The Labute approximate surface area is 560 Å². The molecular formula is C67H121N11O14S. The highest BCUT2D eigenvalue weighted by atomic mass is 32.2. The van der Waals surface area contributed by atoms with E-state index >= 15 is 28.8 Å². The summed E-state index contributed by atoms with van der Waals surface area (Å²) < 4.78 is 0.